The Morgan fingerprint density at radius 3 is 2.45 bits per heavy atom. The SMILES string of the molecule is COC(=O)N1CCN(c2ccc(Nc3ncc4c(=O)n(Cc5cccnc5)n(-c5cccc(C(C)(C)O)n5)c4n3)cc2)CC1. The molecule has 0 aliphatic carbocycles. The third-order valence-corrected chi connectivity index (χ3v) is 7.51. The second kappa shape index (κ2) is 11.8. The minimum Gasteiger partial charge on any atom is -0.453 e. The summed E-state index contributed by atoms with van der Waals surface area (Å²) in [6.07, 6.45) is 4.59. The summed E-state index contributed by atoms with van der Waals surface area (Å²) in [4.78, 5) is 47.4. The summed E-state index contributed by atoms with van der Waals surface area (Å²) in [5, 5.41) is 14.2. The minimum absolute atomic E-state index is 0.232. The molecule has 5 heterocycles. The van der Waals surface area contributed by atoms with Gasteiger partial charge in [0.1, 0.15) is 11.0 Å². The van der Waals surface area contributed by atoms with Crippen LogP contribution < -0.4 is 15.8 Å². The molecule has 1 saturated heterocycles. The number of pyridine rings is 2. The third kappa shape index (κ3) is 5.81. The van der Waals surface area contributed by atoms with Gasteiger partial charge in [-0.15, -0.1) is 0 Å². The topological polar surface area (TPSA) is 144 Å². The van der Waals surface area contributed by atoms with Crippen molar-refractivity contribution >= 4 is 34.4 Å². The van der Waals surface area contributed by atoms with Crippen LogP contribution in [0, 0.1) is 0 Å². The number of carbonyl (C=O) groups is 1. The Bertz CT molecular complexity index is 1840. The molecule has 226 valence electrons. The van der Waals surface area contributed by atoms with Crippen molar-refractivity contribution in [3.63, 3.8) is 0 Å². The molecule has 4 aromatic heterocycles. The summed E-state index contributed by atoms with van der Waals surface area (Å²) in [5.41, 5.74) is 2.00. The van der Waals surface area contributed by atoms with Gasteiger partial charge in [0.2, 0.25) is 5.95 Å². The van der Waals surface area contributed by atoms with Gasteiger partial charge in [-0.3, -0.25) is 9.78 Å². The maximum atomic E-state index is 13.7. The molecule has 0 radical (unpaired) electrons. The first-order valence-electron chi connectivity index (χ1n) is 14.2. The first kappa shape index (κ1) is 28.8. The second-order valence-corrected chi connectivity index (χ2v) is 11.0. The monoisotopic (exact) mass is 595 g/mol. The molecule has 1 fully saturated rings. The Balaban J connectivity index is 1.32. The van der Waals surface area contributed by atoms with E-state index in [-0.39, 0.29) is 18.2 Å². The number of hydrogen-bond donors (Lipinski definition) is 2. The zero-order valence-electron chi connectivity index (χ0n) is 24.7. The van der Waals surface area contributed by atoms with Crippen molar-refractivity contribution in [2.75, 3.05) is 43.5 Å². The van der Waals surface area contributed by atoms with E-state index in [2.05, 4.69) is 20.2 Å². The largest absolute Gasteiger partial charge is 0.453 e. The van der Waals surface area contributed by atoms with Crippen molar-refractivity contribution in [2.45, 2.75) is 26.0 Å². The fourth-order valence-corrected chi connectivity index (χ4v) is 5.17. The van der Waals surface area contributed by atoms with Crippen LogP contribution in [0.1, 0.15) is 25.1 Å². The standard InChI is InChI=1S/C31H33N9O4/c1-31(2,43)25-7-4-8-26(35-25)40-27-24(28(41)39(40)20-21-6-5-13-32-18-21)19-33-29(36-27)34-22-9-11-23(12-10-22)37-14-16-38(17-15-37)30(42)44-3/h4-13,18-19,43H,14-17,20H2,1-3H3,(H,33,34,36). The van der Waals surface area contributed by atoms with E-state index < -0.39 is 5.60 Å². The maximum absolute atomic E-state index is 13.7. The number of fused-ring (bicyclic) bond motifs is 1. The lowest BCUT2D eigenvalue weighted by molar-refractivity contribution is 0.0738. The van der Waals surface area contributed by atoms with Gasteiger partial charge in [0.15, 0.2) is 11.5 Å². The Morgan fingerprint density at radius 1 is 1.00 bits per heavy atom. The number of carbonyl (C=O) groups excluding carboxylic acids is 1. The lowest BCUT2D eigenvalue weighted by Gasteiger charge is -2.35. The molecule has 0 atom stereocenters. The molecule has 2 N–H and O–H groups in total. The Morgan fingerprint density at radius 2 is 1.77 bits per heavy atom. The first-order valence-corrected chi connectivity index (χ1v) is 14.2. The van der Waals surface area contributed by atoms with Gasteiger partial charge in [0.05, 0.1) is 19.3 Å². The molecule has 6 rings (SSSR count). The Labute approximate surface area is 253 Å². The van der Waals surface area contributed by atoms with Crippen molar-refractivity contribution in [2.24, 2.45) is 0 Å². The summed E-state index contributed by atoms with van der Waals surface area (Å²) in [7, 11) is 1.39. The van der Waals surface area contributed by atoms with E-state index in [1.807, 2.05) is 36.4 Å². The van der Waals surface area contributed by atoms with E-state index in [0.29, 0.717) is 54.7 Å². The molecule has 5 aromatic rings. The van der Waals surface area contributed by atoms with E-state index in [1.54, 1.807) is 58.7 Å². The molecule has 0 spiro atoms. The van der Waals surface area contributed by atoms with Gasteiger partial charge in [-0.1, -0.05) is 12.1 Å². The lowest BCUT2D eigenvalue weighted by Crippen LogP contribution is -2.48. The zero-order chi connectivity index (χ0) is 30.8. The normalized spacial score (nSPS) is 13.7. The zero-order valence-corrected chi connectivity index (χ0v) is 24.7. The number of benzene rings is 1. The van der Waals surface area contributed by atoms with Crippen LogP contribution in [0.5, 0.6) is 0 Å². The third-order valence-electron chi connectivity index (χ3n) is 7.51. The fourth-order valence-electron chi connectivity index (χ4n) is 5.17. The van der Waals surface area contributed by atoms with Crippen LogP contribution in [0.2, 0.25) is 0 Å². The number of anilines is 3. The highest BCUT2D eigenvalue weighted by Crippen LogP contribution is 2.24. The molecule has 13 heteroatoms. The molecule has 1 aliphatic rings. The number of hydrogen-bond acceptors (Lipinski definition) is 10. The molecular formula is C31H33N9O4. The van der Waals surface area contributed by atoms with Gasteiger partial charge >= 0.3 is 6.09 Å². The summed E-state index contributed by atoms with van der Waals surface area (Å²) in [5.74, 6) is 0.741. The predicted molar refractivity (Wildman–Crippen MR) is 165 cm³/mol. The average molecular weight is 596 g/mol. The molecular weight excluding hydrogens is 562 g/mol. The molecule has 1 aromatic carbocycles. The number of amides is 1. The van der Waals surface area contributed by atoms with Crippen LogP contribution >= 0.6 is 0 Å². The highest BCUT2D eigenvalue weighted by atomic mass is 16.5. The minimum atomic E-state index is -1.18. The van der Waals surface area contributed by atoms with Crippen molar-refractivity contribution in [1.82, 2.24) is 34.2 Å². The smallest absolute Gasteiger partial charge is 0.409 e. The number of rotatable bonds is 7. The second-order valence-electron chi connectivity index (χ2n) is 11.0. The number of aromatic nitrogens is 6. The number of ether oxygens (including phenoxy) is 1. The molecule has 1 aliphatic heterocycles. The van der Waals surface area contributed by atoms with Crippen molar-refractivity contribution in [1.29, 1.82) is 0 Å². The molecule has 0 unspecified atom stereocenters. The van der Waals surface area contributed by atoms with Crippen LogP contribution in [0.15, 0.2) is 78.0 Å². The number of piperazine rings is 1. The van der Waals surface area contributed by atoms with Crippen molar-refractivity contribution < 1.29 is 14.6 Å². The van der Waals surface area contributed by atoms with E-state index >= 15 is 0 Å². The fraction of sp³-hybridized carbons (Fsp3) is 0.290. The molecule has 13 nitrogen and oxygen atoms in total. The van der Waals surface area contributed by atoms with Crippen molar-refractivity contribution in [3.8, 4) is 5.82 Å². The Kier molecular flexibility index (Phi) is 7.70. The van der Waals surface area contributed by atoms with Crippen LogP contribution in [0.3, 0.4) is 0 Å². The van der Waals surface area contributed by atoms with Gasteiger partial charge in [-0.05, 0) is 61.9 Å². The van der Waals surface area contributed by atoms with E-state index in [1.165, 1.54) is 13.3 Å². The highest BCUT2D eigenvalue weighted by Gasteiger charge is 2.23. The summed E-state index contributed by atoms with van der Waals surface area (Å²) < 4.78 is 8.03. The van der Waals surface area contributed by atoms with Crippen LogP contribution in [-0.2, 0) is 16.9 Å². The van der Waals surface area contributed by atoms with Gasteiger partial charge < -0.3 is 25.0 Å². The van der Waals surface area contributed by atoms with E-state index in [4.69, 9.17) is 14.7 Å². The average Bonchev–Trinajstić information content (AvgIpc) is 3.31. The number of aliphatic hydroxyl groups is 1. The quantitative estimate of drug-likeness (QED) is 0.288. The molecule has 0 saturated carbocycles. The van der Waals surface area contributed by atoms with Gasteiger partial charge in [0.25, 0.3) is 5.56 Å². The summed E-state index contributed by atoms with van der Waals surface area (Å²) in [6.45, 7) is 6.15. The number of nitrogens with zero attached hydrogens (tertiary/aromatic N) is 8. The van der Waals surface area contributed by atoms with Crippen molar-refractivity contribution in [3.05, 3.63) is 94.8 Å². The number of nitrogens with one attached hydrogen (secondary N) is 1. The lowest BCUT2D eigenvalue weighted by atomic mass is 10.1. The van der Waals surface area contributed by atoms with Gasteiger partial charge in [-0.2, -0.15) is 4.98 Å². The van der Waals surface area contributed by atoms with Crippen LogP contribution in [-0.4, -0.2) is 78.7 Å². The van der Waals surface area contributed by atoms with Crippen LogP contribution in [0.4, 0.5) is 22.1 Å². The van der Waals surface area contributed by atoms with Gasteiger partial charge in [-0.25, -0.2) is 24.1 Å². The maximum Gasteiger partial charge on any atom is 0.409 e. The predicted octanol–water partition coefficient (Wildman–Crippen LogP) is 3.28. The Hall–Kier alpha value is -5.30. The van der Waals surface area contributed by atoms with Crippen LogP contribution in [0.25, 0.3) is 16.9 Å². The molecule has 1 amide bonds. The highest BCUT2D eigenvalue weighted by molar-refractivity contribution is 5.77. The molecule has 44 heavy (non-hydrogen) atoms. The van der Waals surface area contributed by atoms with E-state index in [0.717, 1.165) is 16.9 Å². The van der Waals surface area contributed by atoms with E-state index in [9.17, 15) is 14.7 Å². The first-order chi connectivity index (χ1) is 21.2. The van der Waals surface area contributed by atoms with Gasteiger partial charge in [0, 0.05) is 56.1 Å². The number of methoxy groups -OCH3 is 1. The molecule has 0 bridgehead atoms. The summed E-state index contributed by atoms with van der Waals surface area (Å²) in [6, 6.07) is 16.9. The summed E-state index contributed by atoms with van der Waals surface area (Å²) >= 11 is 0.